The van der Waals surface area contributed by atoms with Crippen LogP contribution in [0.15, 0.2) is 66.9 Å². The normalized spacial score (nSPS) is 12.3. The van der Waals surface area contributed by atoms with Crippen LogP contribution in [0.4, 0.5) is 0 Å². The maximum atomic E-state index is 12.9. The highest BCUT2D eigenvalue weighted by atomic mass is 16.5. The van der Waals surface area contributed by atoms with E-state index in [2.05, 4.69) is 15.3 Å². The number of Topliss-reactive ketones (excluding diaryl/α,β-unsaturated/α-hetero) is 1. The molecule has 0 spiro atoms. The van der Waals surface area contributed by atoms with Crippen LogP contribution >= 0.6 is 0 Å². The summed E-state index contributed by atoms with van der Waals surface area (Å²) < 4.78 is 7.01. The number of para-hydroxylation sites is 1. The number of aryl methyl sites for hydroxylation is 1. The van der Waals surface area contributed by atoms with Crippen molar-refractivity contribution in [3.05, 3.63) is 89.4 Å². The Labute approximate surface area is 179 Å². The maximum absolute atomic E-state index is 12.9. The molecule has 2 aromatic carbocycles. The zero-order chi connectivity index (χ0) is 21.8. The molecule has 1 atom stereocenters. The fourth-order valence-electron chi connectivity index (χ4n) is 3.46. The van der Waals surface area contributed by atoms with Gasteiger partial charge in [-0.2, -0.15) is 0 Å². The van der Waals surface area contributed by atoms with Crippen LogP contribution in [0, 0.1) is 6.92 Å². The van der Waals surface area contributed by atoms with Crippen molar-refractivity contribution >= 4 is 28.7 Å². The number of nitrogens with zero attached hydrogens (tertiary/aromatic N) is 3. The van der Waals surface area contributed by atoms with Gasteiger partial charge in [0.25, 0.3) is 0 Å². The van der Waals surface area contributed by atoms with Crippen molar-refractivity contribution in [1.82, 2.24) is 20.0 Å². The molecule has 156 valence electrons. The highest BCUT2D eigenvalue weighted by Crippen LogP contribution is 2.23. The molecule has 1 N–H and O–H groups in total. The van der Waals surface area contributed by atoms with Crippen LogP contribution in [-0.2, 0) is 16.1 Å². The van der Waals surface area contributed by atoms with Crippen LogP contribution in [0.5, 0.6) is 0 Å². The first-order valence-electron chi connectivity index (χ1n) is 9.95. The summed E-state index contributed by atoms with van der Waals surface area (Å²) in [7, 11) is 0. The number of ketones is 1. The molecule has 0 bridgehead atoms. The van der Waals surface area contributed by atoms with E-state index in [9.17, 15) is 9.59 Å². The van der Waals surface area contributed by atoms with Gasteiger partial charge in [-0.05, 0) is 31.6 Å². The molecule has 4 rings (SSSR count). The van der Waals surface area contributed by atoms with Crippen molar-refractivity contribution in [3.8, 4) is 0 Å². The fraction of sp³-hybridized carbons (Fsp3) is 0.167. The Balaban J connectivity index is 1.38. The first kappa shape index (κ1) is 20.3. The molecule has 0 amide bonds. The number of aromatic nitrogens is 4. The second-order valence-corrected chi connectivity index (χ2v) is 7.27. The van der Waals surface area contributed by atoms with Gasteiger partial charge >= 0.3 is 5.97 Å². The van der Waals surface area contributed by atoms with E-state index >= 15 is 0 Å². The van der Waals surface area contributed by atoms with E-state index in [0.29, 0.717) is 17.8 Å². The summed E-state index contributed by atoms with van der Waals surface area (Å²) in [6.45, 7) is 3.99. The third-order valence-corrected chi connectivity index (χ3v) is 4.94. The van der Waals surface area contributed by atoms with Crippen LogP contribution < -0.4 is 0 Å². The van der Waals surface area contributed by atoms with Crippen molar-refractivity contribution in [2.24, 2.45) is 0 Å². The number of benzene rings is 2. The number of hydrogen-bond acceptors (Lipinski definition) is 5. The summed E-state index contributed by atoms with van der Waals surface area (Å²) in [5.41, 5.74) is 3.80. The second-order valence-electron chi connectivity index (χ2n) is 7.27. The Morgan fingerprint density at radius 3 is 2.68 bits per heavy atom. The van der Waals surface area contributed by atoms with Crippen molar-refractivity contribution < 1.29 is 14.3 Å². The average molecular weight is 414 g/mol. The van der Waals surface area contributed by atoms with Gasteiger partial charge in [0.2, 0.25) is 5.78 Å². The third-order valence-electron chi connectivity index (χ3n) is 4.94. The fourth-order valence-corrected chi connectivity index (χ4v) is 3.46. The molecular formula is C24H22N4O3. The van der Waals surface area contributed by atoms with Gasteiger partial charge in [-0.3, -0.25) is 4.79 Å². The molecule has 0 unspecified atom stereocenters. The van der Waals surface area contributed by atoms with Gasteiger partial charge in [-0.1, -0.05) is 53.7 Å². The van der Waals surface area contributed by atoms with E-state index in [1.807, 2.05) is 61.5 Å². The second kappa shape index (κ2) is 8.79. The highest BCUT2D eigenvalue weighted by Gasteiger charge is 2.23. The smallest absolute Gasteiger partial charge is 0.331 e. The molecular weight excluding hydrogens is 392 g/mol. The van der Waals surface area contributed by atoms with Gasteiger partial charge in [0.05, 0.1) is 12.7 Å². The molecule has 0 radical (unpaired) electrons. The monoisotopic (exact) mass is 414 g/mol. The summed E-state index contributed by atoms with van der Waals surface area (Å²) in [6, 6.07) is 17.4. The highest BCUT2D eigenvalue weighted by molar-refractivity contribution is 6.11. The number of carbonyl (C=O) groups excluding carboxylic acids is 2. The van der Waals surface area contributed by atoms with Gasteiger partial charge < -0.3 is 9.72 Å². The van der Waals surface area contributed by atoms with E-state index in [0.717, 1.165) is 22.2 Å². The zero-order valence-corrected chi connectivity index (χ0v) is 17.3. The summed E-state index contributed by atoms with van der Waals surface area (Å²) >= 11 is 0. The Morgan fingerprint density at radius 2 is 1.87 bits per heavy atom. The van der Waals surface area contributed by atoms with Gasteiger partial charge in [0.1, 0.15) is 5.69 Å². The molecule has 2 aromatic heterocycles. The number of hydrogen-bond donors (Lipinski definition) is 1. The largest absolute Gasteiger partial charge is 0.451 e. The number of carbonyl (C=O) groups is 2. The number of H-pyrrole nitrogens is 1. The van der Waals surface area contributed by atoms with E-state index in [1.165, 1.54) is 12.2 Å². The van der Waals surface area contributed by atoms with Crippen LogP contribution in [-0.4, -0.2) is 37.8 Å². The summed E-state index contributed by atoms with van der Waals surface area (Å²) in [5.74, 6) is -0.860. The zero-order valence-electron chi connectivity index (χ0n) is 17.3. The molecule has 31 heavy (non-hydrogen) atoms. The number of ether oxygens (including phenoxy) is 1. The number of aromatic amines is 1. The van der Waals surface area contributed by atoms with E-state index in [-0.39, 0.29) is 5.78 Å². The standard InChI is InChI=1S/C24H22N4O3/c1-16-23(20-10-6-7-11-21(20)25-16)24(30)17(2)31-22(29)13-12-19-15-28(27-26-19)14-18-8-4-3-5-9-18/h3-13,15,17,25H,14H2,1-2H3/b13-12+/t17-/m1/s1. The molecule has 4 aromatic rings. The summed E-state index contributed by atoms with van der Waals surface area (Å²) in [5, 5.41) is 8.91. The lowest BCUT2D eigenvalue weighted by molar-refractivity contribution is -0.140. The Morgan fingerprint density at radius 1 is 1.13 bits per heavy atom. The molecule has 7 nitrogen and oxygen atoms in total. The molecule has 0 saturated heterocycles. The molecule has 0 aliphatic carbocycles. The van der Waals surface area contributed by atoms with Crippen LogP contribution in [0.2, 0.25) is 0 Å². The Hall–Kier alpha value is -4.00. The molecule has 0 fully saturated rings. The topological polar surface area (TPSA) is 89.9 Å². The number of esters is 1. The predicted molar refractivity (Wildman–Crippen MR) is 118 cm³/mol. The predicted octanol–water partition coefficient (Wildman–Crippen LogP) is 3.94. The van der Waals surface area contributed by atoms with Crippen LogP contribution in [0.25, 0.3) is 17.0 Å². The average Bonchev–Trinajstić information content (AvgIpc) is 3.35. The van der Waals surface area contributed by atoms with Gasteiger partial charge in [-0.25, -0.2) is 9.48 Å². The van der Waals surface area contributed by atoms with E-state index in [4.69, 9.17) is 4.74 Å². The lowest BCUT2D eigenvalue weighted by atomic mass is 10.0. The minimum absolute atomic E-state index is 0.245. The van der Waals surface area contributed by atoms with Crippen molar-refractivity contribution in [1.29, 1.82) is 0 Å². The van der Waals surface area contributed by atoms with Crippen molar-refractivity contribution in [2.45, 2.75) is 26.5 Å². The number of rotatable bonds is 7. The van der Waals surface area contributed by atoms with E-state index < -0.39 is 12.1 Å². The molecule has 7 heteroatoms. The first-order chi connectivity index (χ1) is 15.0. The van der Waals surface area contributed by atoms with Gasteiger partial charge in [-0.15, -0.1) is 5.10 Å². The number of nitrogens with one attached hydrogen (secondary N) is 1. The maximum Gasteiger partial charge on any atom is 0.331 e. The lowest BCUT2D eigenvalue weighted by Gasteiger charge is -2.11. The first-order valence-corrected chi connectivity index (χ1v) is 9.95. The SMILES string of the molecule is Cc1[nH]c2ccccc2c1C(=O)[C@@H](C)OC(=O)/C=C/c1cn(Cc2ccccc2)nn1. The van der Waals surface area contributed by atoms with Gasteiger partial charge in [0, 0.05) is 28.2 Å². The lowest BCUT2D eigenvalue weighted by Crippen LogP contribution is -2.24. The van der Waals surface area contributed by atoms with Crippen molar-refractivity contribution in [2.75, 3.05) is 0 Å². The Bertz CT molecular complexity index is 1250. The van der Waals surface area contributed by atoms with Crippen LogP contribution in [0.1, 0.15) is 34.2 Å². The molecule has 0 aliphatic rings. The molecule has 0 saturated carbocycles. The molecule has 0 aliphatic heterocycles. The minimum Gasteiger partial charge on any atom is -0.451 e. The molecule has 2 heterocycles. The minimum atomic E-state index is -0.913. The quantitative estimate of drug-likeness (QED) is 0.281. The van der Waals surface area contributed by atoms with E-state index in [1.54, 1.807) is 17.8 Å². The van der Waals surface area contributed by atoms with Crippen molar-refractivity contribution in [3.63, 3.8) is 0 Å². The Kier molecular flexibility index (Phi) is 5.75. The third kappa shape index (κ3) is 4.61. The summed E-state index contributed by atoms with van der Waals surface area (Å²) in [6.07, 6.45) is 3.60. The number of fused-ring (bicyclic) bond motifs is 1. The summed E-state index contributed by atoms with van der Waals surface area (Å²) in [4.78, 5) is 28.3. The van der Waals surface area contributed by atoms with Gasteiger partial charge in [0.15, 0.2) is 6.10 Å². The van der Waals surface area contributed by atoms with Crippen LogP contribution in [0.3, 0.4) is 0 Å².